The summed E-state index contributed by atoms with van der Waals surface area (Å²) in [6, 6.07) is 18.1. The number of unbranched alkanes of at least 4 members (excludes halogenated alkanes) is 66. The van der Waals surface area contributed by atoms with Gasteiger partial charge in [-0.05, 0) is 92.8 Å². The molecule has 2 aromatic carbocycles. The standard InChI is InChI=1S/C95H168N2/c1-5-9-13-17-21-25-29-33-37-40-42-44-46-48-51-54-58-62-66-70-74-80-90-82-78-84-92(88-90)96-94(86-76-72-68-64-60-56-50-36-32-28-24-20-16-12-8-4)95(87-77-73-69-65-61-57-53-39-35-31-27-23-19-15-11-7-3)97-93-85-79-83-91(89-93)81-75-71-67-63-59-55-52-49-47-45-43-41-38-34-30-26-22-18-14-10-6-2/h74-75,77-85,87-89H,5-73,76,86H2,1-4H3. The number of hydrogen-bond acceptors (Lipinski definition) is 2. The Balaban J connectivity index is 2.05. The molecule has 0 fully saturated rings. The van der Waals surface area contributed by atoms with E-state index in [2.05, 4.69) is 113 Å². The van der Waals surface area contributed by atoms with E-state index in [0.29, 0.717) is 0 Å². The Kier molecular flexibility index (Phi) is 70.3. The lowest BCUT2D eigenvalue weighted by Gasteiger charge is -2.10. The Morgan fingerprint density at radius 1 is 0.237 bits per heavy atom. The lowest BCUT2D eigenvalue weighted by Crippen LogP contribution is -2.12. The number of benzene rings is 2. The quantitative estimate of drug-likeness (QED) is 0.0466. The van der Waals surface area contributed by atoms with Crippen molar-refractivity contribution in [1.82, 2.24) is 0 Å². The van der Waals surface area contributed by atoms with Crippen molar-refractivity contribution >= 4 is 35.0 Å². The first-order chi connectivity index (χ1) is 48.2. The van der Waals surface area contributed by atoms with Crippen LogP contribution in [0.4, 0.5) is 11.4 Å². The Bertz CT molecular complexity index is 2050. The highest BCUT2D eigenvalue weighted by Gasteiger charge is 2.10. The number of hydrogen-bond donors (Lipinski definition) is 0. The van der Waals surface area contributed by atoms with Crippen LogP contribution >= 0.6 is 0 Å². The molecule has 0 unspecified atom stereocenters. The fourth-order valence-corrected chi connectivity index (χ4v) is 14.6. The van der Waals surface area contributed by atoms with Crippen LogP contribution in [-0.2, 0) is 0 Å². The zero-order valence-corrected chi connectivity index (χ0v) is 66.2. The predicted octanol–water partition coefficient (Wildman–Crippen LogP) is 34.9. The highest BCUT2D eigenvalue weighted by Crippen LogP contribution is 2.25. The van der Waals surface area contributed by atoms with Crippen molar-refractivity contribution < 1.29 is 0 Å². The lowest BCUT2D eigenvalue weighted by molar-refractivity contribution is 0.523. The molecule has 558 valence electrons. The van der Waals surface area contributed by atoms with Crippen LogP contribution in [0.1, 0.15) is 495 Å². The van der Waals surface area contributed by atoms with Gasteiger partial charge in [-0.15, -0.1) is 0 Å². The SMILES string of the molecule is CCCCCCCCCCCCCCCCC=CC(=Nc1cccc(C=CCCCCCCCCCCCCCCCCCCCCC)c1)C(CCCCCCCCCCCCCCCCC)=Nc1cccc(C=CCCCCCCCCCCCCCCCCCCCCC)c1. The van der Waals surface area contributed by atoms with Crippen LogP contribution in [0.2, 0.25) is 0 Å². The molecule has 0 aliphatic heterocycles. The smallest absolute Gasteiger partial charge is 0.0848 e. The lowest BCUT2D eigenvalue weighted by atomic mass is 10.0. The molecular weight excluding hydrogens is 1170 g/mol. The molecule has 2 heteroatoms. The normalized spacial score (nSPS) is 12.4. The highest BCUT2D eigenvalue weighted by molar-refractivity contribution is 6.47. The molecule has 0 saturated heterocycles. The van der Waals surface area contributed by atoms with E-state index >= 15 is 0 Å². The Labute approximate surface area is 609 Å². The number of rotatable bonds is 77. The minimum Gasteiger partial charge on any atom is -0.251 e. The first kappa shape index (κ1) is 90.1. The molecule has 0 N–H and O–H groups in total. The summed E-state index contributed by atoms with van der Waals surface area (Å²) < 4.78 is 0. The molecule has 2 nitrogen and oxygen atoms in total. The minimum absolute atomic E-state index is 0.957. The van der Waals surface area contributed by atoms with Crippen molar-refractivity contribution in [2.24, 2.45) is 9.98 Å². The van der Waals surface area contributed by atoms with Gasteiger partial charge >= 0.3 is 0 Å². The number of aliphatic imine (C=N–C) groups is 2. The van der Waals surface area contributed by atoms with Gasteiger partial charge in [0.2, 0.25) is 0 Å². The molecule has 0 spiro atoms. The highest BCUT2D eigenvalue weighted by atomic mass is 14.8. The van der Waals surface area contributed by atoms with Crippen molar-refractivity contribution in [1.29, 1.82) is 0 Å². The van der Waals surface area contributed by atoms with Crippen LogP contribution in [0.15, 0.2) is 82.8 Å². The molecule has 0 bridgehead atoms. The van der Waals surface area contributed by atoms with Gasteiger partial charge in [0.25, 0.3) is 0 Å². The first-order valence-corrected chi connectivity index (χ1v) is 44.6. The van der Waals surface area contributed by atoms with Gasteiger partial charge in [-0.2, -0.15) is 0 Å². The third-order valence-electron chi connectivity index (χ3n) is 21.1. The number of allylic oxidation sites excluding steroid dienone is 4. The minimum atomic E-state index is 0.957. The van der Waals surface area contributed by atoms with E-state index in [1.807, 2.05) is 0 Å². The fourth-order valence-electron chi connectivity index (χ4n) is 14.6. The molecule has 0 atom stereocenters. The Morgan fingerprint density at radius 3 is 0.711 bits per heavy atom. The second-order valence-electron chi connectivity index (χ2n) is 30.8. The monoisotopic (exact) mass is 1340 g/mol. The summed E-state index contributed by atoms with van der Waals surface area (Å²) in [5.41, 5.74) is 6.81. The first-order valence-electron chi connectivity index (χ1n) is 44.6. The molecule has 0 aromatic heterocycles. The van der Waals surface area contributed by atoms with Crippen LogP contribution in [0.25, 0.3) is 12.2 Å². The van der Waals surface area contributed by atoms with Crippen LogP contribution < -0.4 is 0 Å². The zero-order valence-electron chi connectivity index (χ0n) is 66.2. The maximum atomic E-state index is 5.59. The maximum absolute atomic E-state index is 5.59. The molecule has 2 aromatic rings. The summed E-state index contributed by atoms with van der Waals surface area (Å²) in [6.07, 6.45) is 113. The third kappa shape index (κ3) is 63.6. The zero-order chi connectivity index (χ0) is 69.0. The fraction of sp³-hybridized carbons (Fsp3) is 0.789. The molecule has 2 rings (SSSR count). The van der Waals surface area contributed by atoms with Gasteiger partial charge in [-0.3, -0.25) is 4.99 Å². The Morgan fingerprint density at radius 2 is 0.454 bits per heavy atom. The summed E-state index contributed by atoms with van der Waals surface area (Å²) in [5.74, 6) is 0. The second-order valence-corrected chi connectivity index (χ2v) is 30.8. The van der Waals surface area contributed by atoms with Gasteiger partial charge < -0.3 is 0 Å². The van der Waals surface area contributed by atoms with Gasteiger partial charge in [0, 0.05) is 0 Å². The molecule has 0 heterocycles. The van der Waals surface area contributed by atoms with E-state index in [-0.39, 0.29) is 0 Å². The van der Waals surface area contributed by atoms with Crippen molar-refractivity contribution in [2.45, 2.75) is 484 Å². The van der Waals surface area contributed by atoms with Gasteiger partial charge in [0.1, 0.15) is 0 Å². The van der Waals surface area contributed by atoms with Crippen LogP contribution in [0.3, 0.4) is 0 Å². The predicted molar refractivity (Wildman–Crippen MR) is 445 cm³/mol. The van der Waals surface area contributed by atoms with Gasteiger partial charge in [0.15, 0.2) is 0 Å². The van der Waals surface area contributed by atoms with Gasteiger partial charge in [-0.1, -0.05) is 487 Å². The van der Waals surface area contributed by atoms with E-state index in [1.165, 1.54) is 435 Å². The van der Waals surface area contributed by atoms with Crippen molar-refractivity contribution in [3.63, 3.8) is 0 Å². The average Bonchev–Trinajstić information content (AvgIpc) is 3.50. The summed E-state index contributed by atoms with van der Waals surface area (Å²) in [6.45, 7) is 9.27. The summed E-state index contributed by atoms with van der Waals surface area (Å²) in [7, 11) is 0. The molecule has 0 aliphatic rings. The molecule has 0 aliphatic carbocycles. The third-order valence-corrected chi connectivity index (χ3v) is 21.1. The number of nitrogens with zero attached hydrogens (tertiary/aromatic N) is 2. The molecule has 97 heavy (non-hydrogen) atoms. The van der Waals surface area contributed by atoms with Crippen molar-refractivity contribution in [2.75, 3.05) is 0 Å². The average molecular weight is 1340 g/mol. The summed E-state index contributed by atoms with van der Waals surface area (Å²) >= 11 is 0. The largest absolute Gasteiger partial charge is 0.251 e. The van der Waals surface area contributed by atoms with E-state index < -0.39 is 0 Å². The van der Waals surface area contributed by atoms with Gasteiger partial charge in [-0.25, -0.2) is 4.99 Å². The maximum Gasteiger partial charge on any atom is 0.0848 e. The molecule has 0 amide bonds. The van der Waals surface area contributed by atoms with E-state index in [0.717, 1.165) is 54.9 Å². The van der Waals surface area contributed by atoms with E-state index in [9.17, 15) is 0 Å². The second kappa shape index (κ2) is 75.7. The van der Waals surface area contributed by atoms with Crippen LogP contribution in [0.5, 0.6) is 0 Å². The summed E-state index contributed by atoms with van der Waals surface area (Å²) in [5, 5.41) is 0. The molecular formula is C95H168N2. The molecule has 0 radical (unpaired) electrons. The van der Waals surface area contributed by atoms with Crippen molar-refractivity contribution in [3.05, 3.63) is 84.0 Å². The Hall–Kier alpha value is -3.00. The van der Waals surface area contributed by atoms with Crippen molar-refractivity contribution in [3.8, 4) is 0 Å². The summed E-state index contributed by atoms with van der Waals surface area (Å²) in [4.78, 5) is 11.1. The van der Waals surface area contributed by atoms with E-state index in [4.69, 9.17) is 9.98 Å². The van der Waals surface area contributed by atoms with Gasteiger partial charge in [0.05, 0.1) is 22.8 Å². The van der Waals surface area contributed by atoms with Crippen LogP contribution in [-0.4, -0.2) is 11.4 Å². The van der Waals surface area contributed by atoms with Crippen LogP contribution in [0, 0.1) is 0 Å². The van der Waals surface area contributed by atoms with E-state index in [1.54, 1.807) is 0 Å². The molecule has 0 saturated carbocycles. The topological polar surface area (TPSA) is 24.7 Å².